The van der Waals surface area contributed by atoms with Crippen molar-refractivity contribution in [2.45, 2.75) is 57.9 Å². The molecule has 1 aliphatic carbocycles. The number of aryl methyl sites for hydroxylation is 1. The van der Waals surface area contributed by atoms with Crippen LogP contribution < -0.4 is 5.32 Å². The summed E-state index contributed by atoms with van der Waals surface area (Å²) >= 11 is 0. The van der Waals surface area contributed by atoms with Crippen molar-refractivity contribution in [2.24, 2.45) is 0 Å². The third-order valence-corrected chi connectivity index (χ3v) is 3.34. The molecule has 1 saturated carbocycles. The average molecular weight is 236 g/mol. The molecule has 0 aromatic carbocycles. The molecular weight excluding hydrogens is 216 g/mol. The van der Waals surface area contributed by atoms with Gasteiger partial charge in [0.25, 0.3) is 5.91 Å². The van der Waals surface area contributed by atoms with E-state index in [2.05, 4.69) is 10.5 Å². The summed E-state index contributed by atoms with van der Waals surface area (Å²) in [6.45, 7) is 1.99. The third kappa shape index (κ3) is 3.32. The van der Waals surface area contributed by atoms with Gasteiger partial charge in [-0.2, -0.15) is 0 Å². The van der Waals surface area contributed by atoms with Crippen LogP contribution in [-0.4, -0.2) is 17.1 Å². The first-order chi connectivity index (χ1) is 8.29. The molecular formula is C13H20N2O2. The maximum absolute atomic E-state index is 11.9. The Hall–Kier alpha value is -1.32. The van der Waals surface area contributed by atoms with E-state index in [9.17, 15) is 4.79 Å². The van der Waals surface area contributed by atoms with Gasteiger partial charge in [0.05, 0.1) is 5.69 Å². The number of amides is 1. The molecule has 94 valence electrons. The fraction of sp³-hybridized carbons (Fsp3) is 0.692. The van der Waals surface area contributed by atoms with Gasteiger partial charge in [-0.25, -0.2) is 0 Å². The summed E-state index contributed by atoms with van der Waals surface area (Å²) < 4.78 is 5.03. The Morgan fingerprint density at radius 2 is 2.12 bits per heavy atom. The first-order valence-electron chi connectivity index (χ1n) is 6.56. The van der Waals surface area contributed by atoms with Crippen molar-refractivity contribution in [1.82, 2.24) is 10.5 Å². The quantitative estimate of drug-likeness (QED) is 0.821. The molecule has 0 radical (unpaired) electrons. The van der Waals surface area contributed by atoms with Crippen molar-refractivity contribution in [3.8, 4) is 0 Å². The van der Waals surface area contributed by atoms with Crippen LogP contribution in [0.3, 0.4) is 0 Å². The largest absolute Gasteiger partial charge is 0.351 e. The smallest absolute Gasteiger partial charge is 0.290 e. The number of nitrogens with zero attached hydrogens (tertiary/aromatic N) is 1. The molecule has 0 aliphatic heterocycles. The monoisotopic (exact) mass is 236 g/mol. The lowest BCUT2D eigenvalue weighted by molar-refractivity contribution is 0.0896. The van der Waals surface area contributed by atoms with Gasteiger partial charge >= 0.3 is 0 Å². The van der Waals surface area contributed by atoms with Gasteiger partial charge < -0.3 is 9.84 Å². The highest BCUT2D eigenvalue weighted by Gasteiger charge is 2.18. The molecule has 4 nitrogen and oxygen atoms in total. The van der Waals surface area contributed by atoms with Crippen molar-refractivity contribution in [1.29, 1.82) is 0 Å². The molecule has 17 heavy (non-hydrogen) atoms. The number of carbonyl (C=O) groups excluding carboxylic acids is 1. The third-order valence-electron chi connectivity index (χ3n) is 3.34. The number of aromatic nitrogens is 1. The SMILES string of the molecule is CCc1cc(C(=O)NC2CCCCCC2)on1. The average Bonchev–Trinajstić information content (AvgIpc) is 2.68. The van der Waals surface area contributed by atoms with Gasteiger partial charge in [-0.05, 0) is 19.3 Å². The second-order valence-electron chi connectivity index (χ2n) is 4.70. The van der Waals surface area contributed by atoms with Crippen molar-refractivity contribution in [3.63, 3.8) is 0 Å². The second kappa shape index (κ2) is 5.84. The van der Waals surface area contributed by atoms with Crippen LogP contribution in [-0.2, 0) is 6.42 Å². The lowest BCUT2D eigenvalue weighted by Gasteiger charge is -2.14. The van der Waals surface area contributed by atoms with Crippen LogP contribution in [0.5, 0.6) is 0 Å². The maximum atomic E-state index is 11.9. The van der Waals surface area contributed by atoms with Crippen molar-refractivity contribution >= 4 is 5.91 Å². The second-order valence-corrected chi connectivity index (χ2v) is 4.70. The van der Waals surface area contributed by atoms with E-state index >= 15 is 0 Å². The Balaban J connectivity index is 1.91. The number of carbonyl (C=O) groups is 1. The number of hydrogen-bond donors (Lipinski definition) is 1. The summed E-state index contributed by atoms with van der Waals surface area (Å²) in [5.41, 5.74) is 0.830. The first kappa shape index (κ1) is 12.1. The maximum Gasteiger partial charge on any atom is 0.290 e. The lowest BCUT2D eigenvalue weighted by Crippen LogP contribution is -2.34. The molecule has 1 N–H and O–H groups in total. The molecule has 0 unspecified atom stereocenters. The highest BCUT2D eigenvalue weighted by molar-refractivity contribution is 5.91. The van der Waals surface area contributed by atoms with E-state index in [4.69, 9.17) is 4.52 Å². The fourth-order valence-electron chi connectivity index (χ4n) is 2.27. The molecule has 0 saturated heterocycles. The summed E-state index contributed by atoms with van der Waals surface area (Å²) in [4.78, 5) is 11.9. The minimum absolute atomic E-state index is 0.121. The fourth-order valence-corrected chi connectivity index (χ4v) is 2.27. The van der Waals surface area contributed by atoms with Crippen LogP contribution in [0.4, 0.5) is 0 Å². The molecule has 1 amide bonds. The highest BCUT2D eigenvalue weighted by atomic mass is 16.5. The van der Waals surface area contributed by atoms with E-state index in [1.165, 1.54) is 25.7 Å². The van der Waals surface area contributed by atoms with Gasteiger partial charge in [0.1, 0.15) is 0 Å². The molecule has 0 atom stereocenters. The van der Waals surface area contributed by atoms with Gasteiger partial charge in [-0.3, -0.25) is 4.79 Å². The van der Waals surface area contributed by atoms with Crippen LogP contribution in [0.2, 0.25) is 0 Å². The molecule has 1 fully saturated rings. The lowest BCUT2D eigenvalue weighted by atomic mass is 10.1. The zero-order valence-corrected chi connectivity index (χ0v) is 10.4. The first-order valence-corrected chi connectivity index (χ1v) is 6.56. The molecule has 2 rings (SSSR count). The number of hydrogen-bond acceptors (Lipinski definition) is 3. The van der Waals surface area contributed by atoms with Crippen LogP contribution in [0.15, 0.2) is 10.6 Å². The summed E-state index contributed by atoms with van der Waals surface area (Å²) in [5.74, 6) is 0.218. The van der Waals surface area contributed by atoms with E-state index in [1.54, 1.807) is 6.07 Å². The van der Waals surface area contributed by atoms with Crippen LogP contribution in [0.1, 0.15) is 61.7 Å². The van der Waals surface area contributed by atoms with Gasteiger partial charge in [0.2, 0.25) is 5.76 Å². The minimum atomic E-state index is -0.121. The normalized spacial score (nSPS) is 17.7. The Kier molecular flexibility index (Phi) is 4.18. The van der Waals surface area contributed by atoms with Crippen LogP contribution in [0.25, 0.3) is 0 Å². The molecule has 1 aromatic rings. The summed E-state index contributed by atoms with van der Waals surface area (Å²) in [6, 6.07) is 2.03. The summed E-state index contributed by atoms with van der Waals surface area (Å²) in [7, 11) is 0. The Morgan fingerprint density at radius 3 is 2.71 bits per heavy atom. The standard InChI is InChI=1S/C13H20N2O2/c1-2-10-9-12(17-15-10)13(16)14-11-7-5-3-4-6-8-11/h9,11H,2-8H2,1H3,(H,14,16). The van der Waals surface area contributed by atoms with E-state index < -0.39 is 0 Å². The molecule has 0 spiro atoms. The Bertz CT molecular complexity index is 365. The summed E-state index contributed by atoms with van der Waals surface area (Å²) in [6.07, 6.45) is 7.95. The Morgan fingerprint density at radius 1 is 1.41 bits per heavy atom. The zero-order chi connectivity index (χ0) is 12.1. The van der Waals surface area contributed by atoms with E-state index in [1.807, 2.05) is 6.92 Å². The van der Waals surface area contributed by atoms with Gasteiger partial charge in [-0.15, -0.1) is 0 Å². The van der Waals surface area contributed by atoms with Gasteiger partial charge in [0.15, 0.2) is 0 Å². The van der Waals surface area contributed by atoms with Crippen molar-refractivity contribution < 1.29 is 9.32 Å². The molecule has 1 heterocycles. The molecule has 4 heteroatoms. The predicted molar refractivity (Wildman–Crippen MR) is 64.8 cm³/mol. The van der Waals surface area contributed by atoms with E-state index in [0.29, 0.717) is 11.8 Å². The van der Waals surface area contributed by atoms with Crippen molar-refractivity contribution in [3.05, 3.63) is 17.5 Å². The van der Waals surface area contributed by atoms with Crippen LogP contribution >= 0.6 is 0 Å². The highest BCUT2D eigenvalue weighted by Crippen LogP contribution is 2.17. The van der Waals surface area contributed by atoms with Gasteiger partial charge in [0, 0.05) is 12.1 Å². The summed E-state index contributed by atoms with van der Waals surface area (Å²) in [5, 5.41) is 6.87. The van der Waals surface area contributed by atoms with Crippen molar-refractivity contribution in [2.75, 3.05) is 0 Å². The topological polar surface area (TPSA) is 55.1 Å². The number of nitrogens with one attached hydrogen (secondary N) is 1. The Labute approximate surface area is 102 Å². The zero-order valence-electron chi connectivity index (χ0n) is 10.4. The van der Waals surface area contributed by atoms with Crippen LogP contribution in [0, 0.1) is 0 Å². The van der Waals surface area contributed by atoms with Gasteiger partial charge in [-0.1, -0.05) is 37.8 Å². The van der Waals surface area contributed by atoms with E-state index in [-0.39, 0.29) is 5.91 Å². The van der Waals surface area contributed by atoms with E-state index in [0.717, 1.165) is 25.0 Å². The minimum Gasteiger partial charge on any atom is -0.351 e. The predicted octanol–water partition coefficient (Wildman–Crippen LogP) is 2.69. The molecule has 0 bridgehead atoms. The molecule has 1 aromatic heterocycles. The molecule has 1 aliphatic rings. The number of rotatable bonds is 3.